The maximum atomic E-state index is 12.4. The molecule has 0 spiro atoms. The van der Waals surface area contributed by atoms with E-state index in [1.807, 2.05) is 24.3 Å². The third-order valence-corrected chi connectivity index (χ3v) is 4.50. The van der Waals surface area contributed by atoms with Crippen LogP contribution in [0.2, 0.25) is 0 Å². The van der Waals surface area contributed by atoms with E-state index in [4.69, 9.17) is 24.4 Å². The Balaban J connectivity index is 2.56. The summed E-state index contributed by atoms with van der Waals surface area (Å²) in [6.07, 6.45) is -4.74. The van der Waals surface area contributed by atoms with E-state index in [0.717, 1.165) is 10.0 Å². The zero-order valence-electron chi connectivity index (χ0n) is 12.9. The van der Waals surface area contributed by atoms with Crippen LogP contribution in [0.5, 0.6) is 5.75 Å². The Hall–Kier alpha value is -1.51. The van der Waals surface area contributed by atoms with Crippen LogP contribution < -0.4 is 10.1 Å². The number of hydrogen-bond donors (Lipinski definition) is 1. The van der Waals surface area contributed by atoms with E-state index < -0.39 is 11.9 Å². The number of rotatable bonds is 6. The largest absolute Gasteiger partial charge is 0.573 e. The highest BCUT2D eigenvalue weighted by molar-refractivity contribution is 9.10. The monoisotopic (exact) mass is 447 g/mol. The van der Waals surface area contributed by atoms with Crippen molar-refractivity contribution in [1.82, 2.24) is 5.32 Å². The molecule has 0 aliphatic heterocycles. The molecule has 2 aromatic rings. The van der Waals surface area contributed by atoms with Gasteiger partial charge in [0.05, 0.1) is 5.49 Å². The summed E-state index contributed by atoms with van der Waals surface area (Å²) in [7, 11) is 0. The first-order chi connectivity index (χ1) is 11.7. The van der Waals surface area contributed by atoms with E-state index in [1.54, 1.807) is 6.92 Å². The van der Waals surface area contributed by atoms with Gasteiger partial charge in [-0.25, -0.2) is 0 Å². The van der Waals surface area contributed by atoms with Crippen LogP contribution in [0.1, 0.15) is 18.1 Å². The van der Waals surface area contributed by atoms with Crippen LogP contribution in [-0.2, 0) is 5.54 Å². The van der Waals surface area contributed by atoms with E-state index in [0.29, 0.717) is 10.4 Å². The average molecular weight is 448 g/mol. The number of halogens is 4. The number of thiocarbonyl (C=S) groups is 2. The number of alkyl halides is 3. The molecule has 0 saturated heterocycles. The number of hydrogen-bond acceptors (Lipinski definition) is 3. The highest BCUT2D eigenvalue weighted by Crippen LogP contribution is 2.34. The Bertz CT molecular complexity index is 780. The summed E-state index contributed by atoms with van der Waals surface area (Å²) >= 11 is 13.9. The first kappa shape index (κ1) is 19.8. The molecule has 25 heavy (non-hydrogen) atoms. The molecule has 0 amide bonds. The Morgan fingerprint density at radius 1 is 1.12 bits per heavy atom. The fourth-order valence-electron chi connectivity index (χ4n) is 2.56. The minimum Gasteiger partial charge on any atom is -0.406 e. The highest BCUT2D eigenvalue weighted by Gasteiger charge is 2.36. The minimum atomic E-state index is -4.74. The van der Waals surface area contributed by atoms with Gasteiger partial charge < -0.3 is 10.1 Å². The van der Waals surface area contributed by atoms with Crippen LogP contribution in [0.3, 0.4) is 0 Å². The lowest BCUT2D eigenvalue weighted by molar-refractivity contribution is -0.274. The molecule has 0 bridgehead atoms. The van der Waals surface area contributed by atoms with E-state index in [2.05, 4.69) is 26.0 Å². The van der Waals surface area contributed by atoms with Crippen molar-refractivity contribution in [1.29, 1.82) is 0 Å². The highest BCUT2D eigenvalue weighted by atomic mass is 79.9. The maximum absolute atomic E-state index is 12.4. The predicted molar refractivity (Wildman–Crippen MR) is 103 cm³/mol. The topological polar surface area (TPSA) is 21.3 Å². The number of benzene rings is 2. The fraction of sp³-hybridized carbons (Fsp3) is 0.176. The van der Waals surface area contributed by atoms with Gasteiger partial charge in [0, 0.05) is 9.34 Å². The van der Waals surface area contributed by atoms with Crippen molar-refractivity contribution in [2.75, 3.05) is 0 Å². The summed E-state index contributed by atoms with van der Waals surface area (Å²) in [5, 5.41) is 3.09. The molecule has 2 nitrogen and oxygen atoms in total. The maximum Gasteiger partial charge on any atom is 0.573 e. The second-order valence-electron chi connectivity index (χ2n) is 5.15. The number of nitrogens with one attached hydrogen (secondary N) is 1. The van der Waals surface area contributed by atoms with Crippen LogP contribution in [0, 0.1) is 0 Å². The molecule has 0 saturated carbocycles. The van der Waals surface area contributed by atoms with Gasteiger partial charge in [-0.2, -0.15) is 0 Å². The molecular formula is C17H13BrF3NOS2. The SMILES string of the molecule is CC(=S)C(NC=S)(c1ccc(OC(F)(F)F)cc1)c1cccc(Br)c1. The van der Waals surface area contributed by atoms with Gasteiger partial charge in [0.25, 0.3) is 0 Å². The van der Waals surface area contributed by atoms with Gasteiger partial charge in [0.2, 0.25) is 0 Å². The van der Waals surface area contributed by atoms with Crippen molar-refractivity contribution >= 4 is 50.7 Å². The quantitative estimate of drug-likeness (QED) is 0.587. The third kappa shape index (κ3) is 4.56. The Morgan fingerprint density at radius 2 is 1.76 bits per heavy atom. The molecular weight excluding hydrogens is 435 g/mol. The lowest BCUT2D eigenvalue weighted by atomic mass is 9.80. The fourth-order valence-corrected chi connectivity index (χ4v) is 3.43. The zero-order valence-corrected chi connectivity index (χ0v) is 16.2. The van der Waals surface area contributed by atoms with Crippen molar-refractivity contribution < 1.29 is 17.9 Å². The smallest absolute Gasteiger partial charge is 0.406 e. The van der Waals surface area contributed by atoms with Crippen molar-refractivity contribution in [3.8, 4) is 5.75 Å². The molecule has 0 aliphatic carbocycles. The molecule has 132 valence electrons. The number of ether oxygens (including phenoxy) is 1. The van der Waals surface area contributed by atoms with Crippen LogP contribution in [0.4, 0.5) is 13.2 Å². The molecule has 1 unspecified atom stereocenters. The zero-order chi connectivity index (χ0) is 18.7. The van der Waals surface area contributed by atoms with E-state index >= 15 is 0 Å². The van der Waals surface area contributed by atoms with E-state index in [9.17, 15) is 13.2 Å². The van der Waals surface area contributed by atoms with Crippen molar-refractivity contribution in [3.63, 3.8) is 0 Å². The second kappa shape index (κ2) is 7.80. The van der Waals surface area contributed by atoms with E-state index in [1.165, 1.54) is 29.8 Å². The standard InChI is InChI=1S/C17H13BrF3NOS2/c1-11(25)16(22-10-24,13-3-2-4-14(18)9-13)12-5-7-15(8-6-12)23-17(19,20)21/h2-10H,1H3,(H,22,24). The molecule has 1 atom stereocenters. The van der Waals surface area contributed by atoms with Gasteiger partial charge in [-0.15, -0.1) is 13.2 Å². The summed E-state index contributed by atoms with van der Waals surface area (Å²) in [5.41, 5.74) is 1.85. The molecule has 2 rings (SSSR count). The van der Waals surface area contributed by atoms with Crippen LogP contribution in [0.15, 0.2) is 53.0 Å². The van der Waals surface area contributed by atoms with Gasteiger partial charge in [-0.05, 0) is 42.3 Å². The molecule has 0 aliphatic rings. The molecule has 2 aromatic carbocycles. The Morgan fingerprint density at radius 3 is 2.24 bits per heavy atom. The van der Waals surface area contributed by atoms with E-state index in [-0.39, 0.29) is 5.75 Å². The average Bonchev–Trinajstić information content (AvgIpc) is 2.51. The van der Waals surface area contributed by atoms with Gasteiger partial charge >= 0.3 is 6.36 Å². The Kier molecular flexibility index (Phi) is 6.18. The first-order valence-corrected chi connectivity index (χ1v) is 8.71. The van der Waals surface area contributed by atoms with Gasteiger partial charge in [-0.1, -0.05) is 64.6 Å². The van der Waals surface area contributed by atoms with Crippen molar-refractivity contribution in [2.24, 2.45) is 0 Å². The molecule has 1 N–H and O–H groups in total. The molecule has 0 heterocycles. The molecule has 0 fully saturated rings. The lowest BCUT2D eigenvalue weighted by Gasteiger charge is -2.35. The lowest BCUT2D eigenvalue weighted by Crippen LogP contribution is -2.47. The molecule has 0 radical (unpaired) electrons. The predicted octanol–water partition coefficient (Wildman–Crippen LogP) is 5.53. The van der Waals surface area contributed by atoms with Crippen LogP contribution in [0.25, 0.3) is 0 Å². The van der Waals surface area contributed by atoms with Crippen LogP contribution in [-0.4, -0.2) is 16.7 Å². The van der Waals surface area contributed by atoms with Crippen molar-refractivity contribution in [2.45, 2.75) is 18.8 Å². The molecule has 0 aromatic heterocycles. The normalized spacial score (nSPS) is 13.6. The second-order valence-corrected chi connectivity index (χ2v) is 6.91. The summed E-state index contributed by atoms with van der Waals surface area (Å²) in [6, 6.07) is 13.0. The molecule has 8 heteroatoms. The van der Waals surface area contributed by atoms with Crippen molar-refractivity contribution in [3.05, 3.63) is 64.1 Å². The van der Waals surface area contributed by atoms with Gasteiger partial charge in [0.1, 0.15) is 11.3 Å². The van der Waals surface area contributed by atoms with Crippen LogP contribution >= 0.6 is 40.4 Å². The third-order valence-electron chi connectivity index (χ3n) is 3.58. The summed E-state index contributed by atoms with van der Waals surface area (Å²) in [6.45, 7) is 1.75. The summed E-state index contributed by atoms with van der Waals surface area (Å²) in [5.74, 6) is -0.302. The van der Waals surface area contributed by atoms with Gasteiger partial charge in [-0.3, -0.25) is 0 Å². The first-order valence-electron chi connectivity index (χ1n) is 7.04. The Labute approximate surface area is 162 Å². The summed E-state index contributed by atoms with van der Waals surface area (Å²) in [4.78, 5) is 0.566. The minimum absolute atomic E-state index is 0.302. The van der Waals surface area contributed by atoms with Gasteiger partial charge in [0.15, 0.2) is 0 Å². The summed E-state index contributed by atoms with van der Waals surface area (Å²) < 4.78 is 41.8.